The lowest BCUT2D eigenvalue weighted by Crippen LogP contribution is -2.05. The Morgan fingerprint density at radius 2 is 2.37 bits per heavy atom. The summed E-state index contributed by atoms with van der Waals surface area (Å²) in [5.74, 6) is 0. The Labute approximate surface area is 120 Å². The molecule has 1 unspecified atom stereocenters. The van der Waals surface area contributed by atoms with Gasteiger partial charge in [-0.3, -0.25) is 9.67 Å². The number of halogens is 1. The van der Waals surface area contributed by atoms with Gasteiger partial charge in [-0.25, -0.2) is 0 Å². The van der Waals surface area contributed by atoms with Gasteiger partial charge in [0, 0.05) is 42.3 Å². The van der Waals surface area contributed by atoms with Gasteiger partial charge in [-0.05, 0) is 18.1 Å². The first kappa shape index (κ1) is 13.9. The van der Waals surface area contributed by atoms with E-state index in [1.807, 2.05) is 6.26 Å². The van der Waals surface area contributed by atoms with E-state index in [0.29, 0.717) is 16.4 Å². The Morgan fingerprint density at radius 3 is 2.95 bits per heavy atom. The zero-order valence-corrected chi connectivity index (χ0v) is 11.9. The van der Waals surface area contributed by atoms with Crippen LogP contribution in [0.4, 0.5) is 0 Å². The molecule has 98 valence electrons. The van der Waals surface area contributed by atoms with Gasteiger partial charge in [0.05, 0.1) is 5.69 Å². The zero-order valence-electron chi connectivity index (χ0n) is 10.4. The Morgan fingerprint density at radius 1 is 1.58 bits per heavy atom. The second-order valence-corrected chi connectivity index (χ2v) is 4.66. The Hall–Kier alpha value is -1.55. The third kappa shape index (κ3) is 2.89. The van der Waals surface area contributed by atoms with Gasteiger partial charge in [-0.1, -0.05) is 11.6 Å². The second kappa shape index (κ2) is 6.06. The Balaban J connectivity index is 2.46. The van der Waals surface area contributed by atoms with Crippen molar-refractivity contribution in [1.82, 2.24) is 14.8 Å². The molecule has 0 radical (unpaired) electrons. The number of rotatable bonds is 4. The van der Waals surface area contributed by atoms with Gasteiger partial charge in [-0.15, -0.1) is 0 Å². The summed E-state index contributed by atoms with van der Waals surface area (Å²) in [5.41, 5.74) is 1.81. The van der Waals surface area contributed by atoms with Crippen LogP contribution in [-0.2, 0) is 11.2 Å². The van der Waals surface area contributed by atoms with Crippen LogP contribution in [0.3, 0.4) is 0 Å². The summed E-state index contributed by atoms with van der Waals surface area (Å²) in [6, 6.07) is 5.45. The van der Waals surface area contributed by atoms with Crippen LogP contribution in [0.25, 0.3) is 0 Å². The minimum absolute atomic E-state index is 0.454. The van der Waals surface area contributed by atoms with Crippen LogP contribution < -0.4 is 0 Å². The van der Waals surface area contributed by atoms with Crippen molar-refractivity contribution in [2.24, 2.45) is 7.05 Å². The number of nitrogens with zero attached hydrogens (tertiary/aromatic N) is 4. The molecule has 0 aromatic carbocycles. The van der Waals surface area contributed by atoms with E-state index in [1.165, 1.54) is 16.7 Å². The van der Waals surface area contributed by atoms with Crippen LogP contribution in [0.5, 0.6) is 0 Å². The second-order valence-electron chi connectivity index (χ2n) is 3.73. The number of hydrogen-bond donors (Lipinski definition) is 0. The molecule has 2 rings (SSSR count). The molecule has 0 bridgehead atoms. The molecule has 0 saturated heterocycles. The maximum Gasteiger partial charge on any atom is 0.144 e. The van der Waals surface area contributed by atoms with Gasteiger partial charge in [0.15, 0.2) is 0 Å². The van der Waals surface area contributed by atoms with E-state index in [9.17, 15) is 0 Å². The van der Waals surface area contributed by atoms with E-state index in [0.717, 1.165) is 5.56 Å². The first-order chi connectivity index (χ1) is 9.17. The molecule has 0 amide bonds. The molecule has 0 aliphatic carbocycles. The van der Waals surface area contributed by atoms with Crippen molar-refractivity contribution < 1.29 is 4.18 Å². The van der Waals surface area contributed by atoms with Crippen LogP contribution in [0.1, 0.15) is 23.1 Å². The molecule has 2 heterocycles. The molecule has 0 spiro atoms. The normalized spacial score (nSPS) is 12.1. The van der Waals surface area contributed by atoms with Gasteiger partial charge in [0.25, 0.3) is 0 Å². The number of pyridine rings is 1. The van der Waals surface area contributed by atoms with Crippen molar-refractivity contribution >= 4 is 23.6 Å². The molecule has 2 aromatic heterocycles. The highest BCUT2D eigenvalue weighted by Gasteiger charge is 2.22. The maximum absolute atomic E-state index is 8.97. The number of nitriles is 1. The standard InChI is InChI=1S/C12H11ClN4OS/c1-17-8(6-14)5-11(16-17)12(18-19-2)9-7-15-4-3-10(9)13/h3-5,7,12H,1-2H3. The molecule has 0 aliphatic rings. The number of aryl methyl sites for hydroxylation is 1. The number of aromatic nitrogens is 3. The predicted molar refractivity (Wildman–Crippen MR) is 73.6 cm³/mol. The van der Waals surface area contributed by atoms with Crippen molar-refractivity contribution in [3.8, 4) is 6.07 Å². The van der Waals surface area contributed by atoms with Crippen LogP contribution in [-0.4, -0.2) is 21.0 Å². The summed E-state index contributed by atoms with van der Waals surface area (Å²) in [5, 5.41) is 13.8. The van der Waals surface area contributed by atoms with Crippen molar-refractivity contribution in [2.45, 2.75) is 6.10 Å². The van der Waals surface area contributed by atoms with Crippen molar-refractivity contribution in [3.63, 3.8) is 0 Å². The summed E-state index contributed by atoms with van der Waals surface area (Å²) in [6.07, 6.45) is 4.61. The summed E-state index contributed by atoms with van der Waals surface area (Å²) in [4.78, 5) is 4.05. The highest BCUT2D eigenvalue weighted by atomic mass is 35.5. The molecule has 0 saturated carbocycles. The van der Waals surface area contributed by atoms with Crippen LogP contribution in [0, 0.1) is 11.3 Å². The molecule has 19 heavy (non-hydrogen) atoms. The number of hydrogen-bond acceptors (Lipinski definition) is 5. The first-order valence-corrected chi connectivity index (χ1v) is 6.93. The average molecular weight is 295 g/mol. The summed E-state index contributed by atoms with van der Waals surface area (Å²) >= 11 is 7.37. The highest BCUT2D eigenvalue weighted by molar-refractivity contribution is 7.93. The monoisotopic (exact) mass is 294 g/mol. The minimum atomic E-state index is -0.454. The van der Waals surface area contributed by atoms with E-state index in [2.05, 4.69) is 16.2 Å². The van der Waals surface area contributed by atoms with Crippen LogP contribution in [0.15, 0.2) is 24.5 Å². The lowest BCUT2D eigenvalue weighted by Gasteiger charge is -2.14. The Kier molecular flexibility index (Phi) is 4.43. The third-order valence-electron chi connectivity index (χ3n) is 2.55. The van der Waals surface area contributed by atoms with Crippen LogP contribution in [0.2, 0.25) is 5.02 Å². The van der Waals surface area contributed by atoms with Gasteiger partial charge >= 0.3 is 0 Å². The predicted octanol–water partition coefficient (Wildman–Crippen LogP) is 2.72. The van der Waals surface area contributed by atoms with Crippen molar-refractivity contribution in [2.75, 3.05) is 6.26 Å². The molecule has 2 aromatic rings. The molecule has 0 fully saturated rings. The fourth-order valence-corrected chi connectivity index (χ4v) is 2.26. The summed E-state index contributed by atoms with van der Waals surface area (Å²) in [6.45, 7) is 0. The molecule has 0 N–H and O–H groups in total. The fourth-order valence-electron chi connectivity index (χ4n) is 1.66. The summed E-state index contributed by atoms with van der Waals surface area (Å²) in [7, 11) is 1.71. The Bertz CT molecular complexity index is 622. The van der Waals surface area contributed by atoms with Gasteiger partial charge < -0.3 is 4.18 Å². The summed E-state index contributed by atoms with van der Waals surface area (Å²) < 4.78 is 7.12. The molecular formula is C12H11ClN4OS. The topological polar surface area (TPSA) is 63.7 Å². The highest BCUT2D eigenvalue weighted by Crippen LogP contribution is 2.32. The van der Waals surface area contributed by atoms with E-state index in [-0.39, 0.29) is 0 Å². The lowest BCUT2D eigenvalue weighted by atomic mass is 10.1. The maximum atomic E-state index is 8.97. The SMILES string of the molecule is CSOC(c1cc(C#N)n(C)n1)c1cnccc1Cl. The van der Waals surface area contributed by atoms with Crippen LogP contribution >= 0.6 is 23.6 Å². The van der Waals surface area contributed by atoms with Crippen molar-refractivity contribution in [1.29, 1.82) is 5.26 Å². The largest absolute Gasteiger partial charge is 0.301 e. The van der Waals surface area contributed by atoms with E-state index in [4.69, 9.17) is 21.0 Å². The van der Waals surface area contributed by atoms with Gasteiger partial charge in [0.2, 0.25) is 0 Å². The first-order valence-electron chi connectivity index (χ1n) is 5.40. The molecule has 5 nitrogen and oxygen atoms in total. The average Bonchev–Trinajstić information content (AvgIpc) is 2.78. The molecular weight excluding hydrogens is 284 g/mol. The van der Waals surface area contributed by atoms with Crippen molar-refractivity contribution in [3.05, 3.63) is 46.5 Å². The lowest BCUT2D eigenvalue weighted by molar-refractivity contribution is 0.289. The molecule has 7 heteroatoms. The minimum Gasteiger partial charge on any atom is -0.301 e. The molecule has 1 atom stereocenters. The van der Waals surface area contributed by atoms with E-state index in [1.54, 1.807) is 31.6 Å². The smallest absolute Gasteiger partial charge is 0.144 e. The van der Waals surface area contributed by atoms with E-state index < -0.39 is 6.10 Å². The third-order valence-corrected chi connectivity index (χ3v) is 3.28. The fraction of sp³-hybridized carbons (Fsp3) is 0.250. The van der Waals surface area contributed by atoms with Gasteiger partial charge in [-0.2, -0.15) is 10.4 Å². The van der Waals surface area contributed by atoms with Gasteiger partial charge in [0.1, 0.15) is 17.9 Å². The van der Waals surface area contributed by atoms with E-state index >= 15 is 0 Å². The molecule has 0 aliphatic heterocycles. The quantitative estimate of drug-likeness (QED) is 0.811. The zero-order chi connectivity index (χ0) is 13.8.